The van der Waals surface area contributed by atoms with Gasteiger partial charge in [-0.2, -0.15) is 35.3 Å². The van der Waals surface area contributed by atoms with E-state index < -0.39 is 5.41 Å². The monoisotopic (exact) mass is 1140 g/mol. The normalized spacial score (nSPS) is 11.6. The largest absolute Gasteiger partial charge is 0.486 e. The molecule has 450 valence electrons. The third kappa shape index (κ3) is 56.6. The van der Waals surface area contributed by atoms with Crippen molar-refractivity contribution in [3.8, 4) is 0 Å². The van der Waals surface area contributed by atoms with E-state index in [-0.39, 0.29) is 44.3 Å². The SMILES string of the molecule is CCCCCCCCCCCCCCC(=S)OCC(COC(=O)CCSCCCCCCCCCCCC)(COC(=O)CCSCCCCCCCCCCCC)COC(=O)CCSCCCCCCCCCCCC. The number of ether oxygens (including phenoxy) is 4. The highest BCUT2D eigenvalue weighted by Gasteiger charge is 2.37. The maximum atomic E-state index is 13.3. The lowest BCUT2D eigenvalue weighted by Crippen LogP contribution is -2.44. The Morgan fingerprint density at radius 1 is 0.276 bits per heavy atom. The zero-order valence-corrected chi connectivity index (χ0v) is 53.9. The minimum absolute atomic E-state index is 0.0341. The zero-order valence-electron chi connectivity index (χ0n) is 50.6. The Balaban J connectivity index is 5.42. The number of hydrogen-bond acceptors (Lipinski definition) is 11. The van der Waals surface area contributed by atoms with Crippen LogP contribution in [0.2, 0.25) is 0 Å². The maximum absolute atomic E-state index is 13.3. The minimum Gasteiger partial charge on any atom is -0.486 e. The van der Waals surface area contributed by atoms with Crippen molar-refractivity contribution in [2.24, 2.45) is 5.41 Å². The summed E-state index contributed by atoms with van der Waals surface area (Å²) in [5, 5.41) is 0.496. The predicted octanol–water partition coefficient (Wildman–Crippen LogP) is 21.2. The van der Waals surface area contributed by atoms with Gasteiger partial charge in [0.15, 0.2) is 5.05 Å². The number of carbonyl (C=O) groups excluding carboxylic acids is 3. The third-order valence-corrected chi connectivity index (χ3v) is 18.2. The topological polar surface area (TPSA) is 88.1 Å². The molecule has 0 aliphatic carbocycles. The molecule has 0 bridgehead atoms. The lowest BCUT2D eigenvalue weighted by Gasteiger charge is -2.32. The van der Waals surface area contributed by atoms with Crippen molar-refractivity contribution in [1.29, 1.82) is 0 Å². The molecule has 0 aliphatic heterocycles. The summed E-state index contributed by atoms with van der Waals surface area (Å²) in [6.07, 6.45) is 56.1. The van der Waals surface area contributed by atoms with Gasteiger partial charge >= 0.3 is 17.9 Å². The van der Waals surface area contributed by atoms with Gasteiger partial charge in [-0.25, -0.2) is 0 Å². The molecule has 11 heteroatoms. The Morgan fingerprint density at radius 3 is 0.737 bits per heavy atom. The smallest absolute Gasteiger partial charge is 0.306 e. The Bertz CT molecular complexity index is 1140. The molecule has 0 aliphatic rings. The molecule has 0 N–H and O–H groups in total. The van der Waals surface area contributed by atoms with Crippen LogP contribution in [0, 0.1) is 5.41 Å². The fraction of sp³-hybridized carbons (Fsp3) is 0.938. The van der Waals surface area contributed by atoms with Gasteiger partial charge in [-0.05, 0) is 55.2 Å². The summed E-state index contributed by atoms with van der Waals surface area (Å²) in [6.45, 7) is 8.85. The standard InChI is InChI=1S/C65H124O7S4/c1-5-9-13-17-21-25-29-30-31-35-39-43-47-64(73)72-60-65(57-69-61(66)48-54-74-51-44-40-36-32-26-22-18-14-10-6-2,58-70-62(67)49-55-75-52-45-41-37-33-27-23-19-15-11-7-3)59-71-63(68)50-56-76-53-46-42-38-34-28-24-20-16-12-8-4/h5-60H2,1-4H3. The summed E-state index contributed by atoms with van der Waals surface area (Å²) < 4.78 is 24.3. The number of esters is 3. The van der Waals surface area contributed by atoms with Crippen molar-refractivity contribution in [3.05, 3.63) is 0 Å². The predicted molar refractivity (Wildman–Crippen MR) is 341 cm³/mol. The quantitative estimate of drug-likeness (QED) is 0.0252. The van der Waals surface area contributed by atoms with E-state index in [0.29, 0.717) is 48.0 Å². The number of thiocarbonyl (C=S) groups is 1. The number of hydrogen-bond donors (Lipinski definition) is 0. The molecule has 0 aromatic heterocycles. The second-order valence-corrected chi connectivity index (χ2v) is 26.5. The average Bonchev–Trinajstić information content (AvgIpc) is 3.42. The average molecular weight is 1150 g/mol. The van der Waals surface area contributed by atoms with Gasteiger partial charge in [0.25, 0.3) is 0 Å². The fourth-order valence-electron chi connectivity index (χ4n) is 9.43. The van der Waals surface area contributed by atoms with Crippen LogP contribution in [0.5, 0.6) is 0 Å². The Morgan fingerprint density at radius 2 is 0.487 bits per heavy atom. The summed E-state index contributed by atoms with van der Waals surface area (Å²) in [5.74, 6) is 4.30. The van der Waals surface area contributed by atoms with E-state index >= 15 is 0 Å². The number of thioether (sulfide) groups is 3. The van der Waals surface area contributed by atoms with Crippen LogP contribution in [-0.2, 0) is 33.3 Å². The first-order chi connectivity index (χ1) is 37.3. The van der Waals surface area contributed by atoms with E-state index in [0.717, 1.165) is 30.1 Å². The number of carbonyl (C=O) groups is 3. The number of unbranched alkanes of at least 4 members (excludes halogenated alkanes) is 38. The third-order valence-electron chi connectivity index (χ3n) is 14.7. The summed E-state index contributed by atoms with van der Waals surface area (Å²) in [6, 6.07) is 0. The molecule has 0 spiro atoms. The van der Waals surface area contributed by atoms with E-state index in [2.05, 4.69) is 27.7 Å². The first-order valence-electron chi connectivity index (χ1n) is 32.7. The molecular weight excluding hydrogens is 1020 g/mol. The van der Waals surface area contributed by atoms with Gasteiger partial charge < -0.3 is 18.9 Å². The lowest BCUT2D eigenvalue weighted by atomic mass is 9.92. The first-order valence-corrected chi connectivity index (χ1v) is 36.5. The highest BCUT2D eigenvalue weighted by Crippen LogP contribution is 2.25. The van der Waals surface area contributed by atoms with Crippen molar-refractivity contribution in [1.82, 2.24) is 0 Å². The van der Waals surface area contributed by atoms with E-state index in [1.807, 2.05) is 0 Å². The molecule has 0 aromatic rings. The molecule has 76 heavy (non-hydrogen) atoms. The second kappa shape index (κ2) is 62.0. The maximum Gasteiger partial charge on any atom is 0.306 e. The van der Waals surface area contributed by atoms with Crippen LogP contribution in [0.1, 0.15) is 323 Å². The molecule has 7 nitrogen and oxygen atoms in total. The molecule has 0 aromatic carbocycles. The Labute approximate surface area is 490 Å². The highest BCUT2D eigenvalue weighted by molar-refractivity contribution is 7.99. The zero-order chi connectivity index (χ0) is 55.4. The summed E-state index contributed by atoms with van der Waals surface area (Å²) in [4.78, 5) is 40.0. The van der Waals surface area contributed by atoms with Gasteiger partial charge in [-0.1, -0.05) is 272 Å². The van der Waals surface area contributed by atoms with Crippen molar-refractivity contribution >= 4 is 70.5 Å². The molecule has 0 saturated heterocycles. The Kier molecular flexibility index (Phi) is 61.4. The Hall–Kier alpha value is -0.650. The van der Waals surface area contributed by atoms with Gasteiger partial charge in [-0.3, -0.25) is 14.4 Å². The van der Waals surface area contributed by atoms with Crippen LogP contribution in [0.15, 0.2) is 0 Å². The fourth-order valence-corrected chi connectivity index (χ4v) is 12.4. The molecule has 0 heterocycles. The van der Waals surface area contributed by atoms with Crippen LogP contribution in [0.3, 0.4) is 0 Å². The van der Waals surface area contributed by atoms with Crippen LogP contribution in [-0.4, -0.2) is 83.9 Å². The molecule has 0 unspecified atom stereocenters. The van der Waals surface area contributed by atoms with E-state index in [4.69, 9.17) is 31.2 Å². The summed E-state index contributed by atoms with van der Waals surface area (Å²) in [5.41, 5.74) is -1.09. The van der Waals surface area contributed by atoms with E-state index in [1.54, 1.807) is 35.3 Å². The molecule has 0 atom stereocenters. The molecule has 0 fully saturated rings. The number of rotatable bonds is 63. The van der Waals surface area contributed by atoms with Gasteiger partial charge in [0.2, 0.25) is 0 Å². The van der Waals surface area contributed by atoms with Gasteiger partial charge in [0.1, 0.15) is 31.8 Å². The minimum atomic E-state index is -1.09. The highest BCUT2D eigenvalue weighted by atomic mass is 32.2. The van der Waals surface area contributed by atoms with Gasteiger partial charge in [-0.15, -0.1) is 0 Å². The molecule has 0 amide bonds. The van der Waals surface area contributed by atoms with Crippen molar-refractivity contribution in [3.63, 3.8) is 0 Å². The van der Waals surface area contributed by atoms with Crippen LogP contribution < -0.4 is 0 Å². The van der Waals surface area contributed by atoms with Gasteiger partial charge in [0, 0.05) is 23.7 Å². The van der Waals surface area contributed by atoms with Gasteiger partial charge in [0.05, 0.1) is 19.3 Å². The molecule has 0 saturated carbocycles. The van der Waals surface area contributed by atoms with Crippen molar-refractivity contribution in [2.75, 3.05) is 60.9 Å². The van der Waals surface area contributed by atoms with Crippen molar-refractivity contribution < 1.29 is 33.3 Å². The molecule has 0 rings (SSSR count). The lowest BCUT2D eigenvalue weighted by molar-refractivity contribution is -0.164. The van der Waals surface area contributed by atoms with Crippen LogP contribution >= 0.6 is 47.5 Å². The van der Waals surface area contributed by atoms with Crippen LogP contribution in [0.4, 0.5) is 0 Å². The molecular formula is C65H124O7S4. The van der Waals surface area contributed by atoms with E-state index in [9.17, 15) is 14.4 Å². The second-order valence-electron chi connectivity index (χ2n) is 22.4. The summed E-state index contributed by atoms with van der Waals surface area (Å²) >= 11 is 11.2. The van der Waals surface area contributed by atoms with Crippen molar-refractivity contribution in [2.45, 2.75) is 323 Å². The van der Waals surface area contributed by atoms with E-state index in [1.165, 1.54) is 257 Å². The molecule has 0 radical (unpaired) electrons. The summed E-state index contributed by atoms with van der Waals surface area (Å²) in [7, 11) is 0. The van der Waals surface area contributed by atoms with Crippen LogP contribution in [0.25, 0.3) is 0 Å². The first kappa shape index (κ1) is 75.3.